The van der Waals surface area contributed by atoms with Crippen molar-refractivity contribution in [3.8, 4) is 0 Å². The van der Waals surface area contributed by atoms with Crippen LogP contribution in [0.4, 0.5) is 0 Å². The molecule has 1 aromatic rings. The lowest BCUT2D eigenvalue weighted by Crippen LogP contribution is -2.21. The van der Waals surface area contributed by atoms with Crippen LogP contribution < -0.4 is 0 Å². The number of esters is 1. The van der Waals surface area contributed by atoms with Crippen molar-refractivity contribution >= 4 is 12.0 Å². The second-order valence-corrected chi connectivity index (χ2v) is 5.76. The lowest BCUT2D eigenvalue weighted by molar-refractivity contribution is -0.142. The lowest BCUT2D eigenvalue weighted by atomic mass is 9.77. The van der Waals surface area contributed by atoms with Crippen LogP contribution in [0.2, 0.25) is 0 Å². The van der Waals surface area contributed by atoms with Gasteiger partial charge in [-0.2, -0.15) is 0 Å². The minimum absolute atomic E-state index is 0.0781. The molecule has 2 heteroatoms. The molecular formula is C18H24O2. The number of hydrogen-bond acceptors (Lipinski definition) is 2. The second-order valence-electron chi connectivity index (χ2n) is 5.76. The average Bonchev–Trinajstić information content (AvgIpc) is 2.48. The van der Waals surface area contributed by atoms with Gasteiger partial charge in [0, 0.05) is 6.42 Å². The van der Waals surface area contributed by atoms with E-state index >= 15 is 0 Å². The Labute approximate surface area is 121 Å². The van der Waals surface area contributed by atoms with Crippen molar-refractivity contribution in [1.29, 1.82) is 0 Å². The minimum Gasteiger partial charge on any atom is -0.469 e. The van der Waals surface area contributed by atoms with Gasteiger partial charge < -0.3 is 4.74 Å². The van der Waals surface area contributed by atoms with Crippen molar-refractivity contribution in [3.05, 3.63) is 41.5 Å². The summed E-state index contributed by atoms with van der Waals surface area (Å²) >= 11 is 0. The minimum atomic E-state index is -0.0781. The number of carbonyl (C=O) groups excluding carboxylic acids is 1. The Balaban J connectivity index is 2.00. The summed E-state index contributed by atoms with van der Waals surface area (Å²) < 4.78 is 4.81. The third-order valence-electron chi connectivity index (χ3n) is 4.24. The molecule has 0 saturated heterocycles. The van der Waals surface area contributed by atoms with Crippen LogP contribution in [0, 0.1) is 18.8 Å². The summed E-state index contributed by atoms with van der Waals surface area (Å²) in [6, 6.07) is 8.55. The van der Waals surface area contributed by atoms with E-state index in [1.165, 1.54) is 37.5 Å². The lowest BCUT2D eigenvalue weighted by Gasteiger charge is -2.28. The molecule has 0 N–H and O–H groups in total. The van der Waals surface area contributed by atoms with Crippen LogP contribution in [0.1, 0.15) is 43.2 Å². The number of hydrogen-bond donors (Lipinski definition) is 0. The molecule has 1 aliphatic rings. The summed E-state index contributed by atoms with van der Waals surface area (Å²) in [5, 5.41) is 0. The first-order valence-electron chi connectivity index (χ1n) is 7.50. The zero-order valence-electron chi connectivity index (χ0n) is 12.5. The van der Waals surface area contributed by atoms with Gasteiger partial charge in [0.25, 0.3) is 0 Å². The van der Waals surface area contributed by atoms with E-state index < -0.39 is 0 Å². The average molecular weight is 272 g/mol. The number of carbonyl (C=O) groups is 1. The quantitative estimate of drug-likeness (QED) is 0.760. The largest absolute Gasteiger partial charge is 0.469 e. The number of benzene rings is 1. The first kappa shape index (κ1) is 14.8. The van der Waals surface area contributed by atoms with Crippen LogP contribution in [0.15, 0.2) is 30.3 Å². The zero-order chi connectivity index (χ0) is 14.4. The molecule has 0 aromatic heterocycles. The highest BCUT2D eigenvalue weighted by Crippen LogP contribution is 2.34. The summed E-state index contributed by atoms with van der Waals surface area (Å²) in [6.07, 6.45) is 9.86. The molecule has 20 heavy (non-hydrogen) atoms. The fourth-order valence-corrected chi connectivity index (χ4v) is 2.95. The van der Waals surface area contributed by atoms with E-state index in [2.05, 4.69) is 43.3 Å². The number of ether oxygens (including phenoxy) is 1. The normalized spacial score (nSPS) is 22.9. The Morgan fingerprint density at radius 1 is 1.25 bits per heavy atom. The fraction of sp³-hybridized carbons (Fsp3) is 0.500. The molecule has 0 amide bonds. The second kappa shape index (κ2) is 7.28. The van der Waals surface area contributed by atoms with E-state index in [-0.39, 0.29) is 5.97 Å². The third-order valence-corrected chi connectivity index (χ3v) is 4.24. The van der Waals surface area contributed by atoms with Crippen molar-refractivity contribution in [2.75, 3.05) is 7.11 Å². The standard InChI is InChI=1S/C18H24O2/c1-14-7-9-15(10-8-14)11-12-16-5-3-4-6-17(16)13-18(19)20-2/h7-12,16-17H,3-6,13H2,1-2H3/b12-11+/t16-,17+/m1/s1. The molecule has 1 aromatic carbocycles. The zero-order valence-corrected chi connectivity index (χ0v) is 12.5. The van der Waals surface area contributed by atoms with Crippen LogP contribution >= 0.6 is 0 Å². The highest BCUT2D eigenvalue weighted by Gasteiger charge is 2.25. The molecule has 1 aliphatic carbocycles. The van der Waals surface area contributed by atoms with Gasteiger partial charge in [0.2, 0.25) is 0 Å². The Hall–Kier alpha value is -1.57. The van der Waals surface area contributed by atoms with Gasteiger partial charge in [-0.15, -0.1) is 0 Å². The molecular weight excluding hydrogens is 248 g/mol. The van der Waals surface area contributed by atoms with Crippen molar-refractivity contribution in [3.63, 3.8) is 0 Å². The van der Waals surface area contributed by atoms with E-state index in [4.69, 9.17) is 4.74 Å². The van der Waals surface area contributed by atoms with E-state index in [1.54, 1.807) is 0 Å². The van der Waals surface area contributed by atoms with Crippen molar-refractivity contribution in [2.24, 2.45) is 11.8 Å². The smallest absolute Gasteiger partial charge is 0.305 e. The molecule has 0 unspecified atom stereocenters. The van der Waals surface area contributed by atoms with Crippen LogP contribution in [0.3, 0.4) is 0 Å². The van der Waals surface area contributed by atoms with Gasteiger partial charge in [-0.25, -0.2) is 0 Å². The fourth-order valence-electron chi connectivity index (χ4n) is 2.95. The number of methoxy groups -OCH3 is 1. The van der Waals surface area contributed by atoms with E-state index in [0.717, 1.165) is 6.42 Å². The molecule has 0 heterocycles. The molecule has 0 spiro atoms. The van der Waals surface area contributed by atoms with Crippen molar-refractivity contribution < 1.29 is 9.53 Å². The SMILES string of the molecule is COC(=O)C[C@@H]1CCCC[C@@H]1/C=C/c1ccc(C)cc1. The van der Waals surface area contributed by atoms with Gasteiger partial charge in [0.1, 0.15) is 0 Å². The maximum atomic E-state index is 11.5. The monoisotopic (exact) mass is 272 g/mol. The van der Waals surface area contributed by atoms with Crippen LogP contribution in [-0.2, 0) is 9.53 Å². The van der Waals surface area contributed by atoms with E-state index in [0.29, 0.717) is 18.3 Å². The predicted octanol–water partition coefficient (Wildman–Crippen LogP) is 4.38. The maximum Gasteiger partial charge on any atom is 0.305 e. The molecule has 2 rings (SSSR count). The molecule has 0 radical (unpaired) electrons. The molecule has 2 atom stereocenters. The summed E-state index contributed by atoms with van der Waals surface area (Å²) in [7, 11) is 1.47. The van der Waals surface area contributed by atoms with Crippen LogP contribution in [0.25, 0.3) is 6.08 Å². The number of allylic oxidation sites excluding steroid dienone is 1. The Kier molecular flexibility index (Phi) is 5.40. The highest BCUT2D eigenvalue weighted by atomic mass is 16.5. The molecule has 108 valence electrons. The molecule has 1 fully saturated rings. The summed E-state index contributed by atoms with van der Waals surface area (Å²) in [4.78, 5) is 11.5. The highest BCUT2D eigenvalue weighted by molar-refractivity contribution is 5.69. The van der Waals surface area contributed by atoms with Gasteiger partial charge in [-0.1, -0.05) is 54.8 Å². The predicted molar refractivity (Wildman–Crippen MR) is 82.3 cm³/mol. The van der Waals surface area contributed by atoms with Crippen molar-refractivity contribution in [1.82, 2.24) is 0 Å². The van der Waals surface area contributed by atoms with Gasteiger partial charge >= 0.3 is 5.97 Å². The Morgan fingerprint density at radius 2 is 1.95 bits per heavy atom. The number of rotatable bonds is 4. The van der Waals surface area contributed by atoms with Crippen molar-refractivity contribution in [2.45, 2.75) is 39.0 Å². The van der Waals surface area contributed by atoms with Gasteiger partial charge in [-0.05, 0) is 37.2 Å². The Bertz CT molecular complexity index is 459. The topological polar surface area (TPSA) is 26.3 Å². The Morgan fingerprint density at radius 3 is 2.65 bits per heavy atom. The molecule has 2 nitrogen and oxygen atoms in total. The van der Waals surface area contributed by atoms with Gasteiger partial charge in [0.05, 0.1) is 7.11 Å². The summed E-state index contributed by atoms with van der Waals surface area (Å²) in [6.45, 7) is 2.10. The first-order valence-corrected chi connectivity index (χ1v) is 7.50. The van der Waals surface area contributed by atoms with E-state index in [1.807, 2.05) is 0 Å². The molecule has 0 bridgehead atoms. The van der Waals surface area contributed by atoms with E-state index in [9.17, 15) is 4.79 Å². The first-order chi connectivity index (χ1) is 9.69. The maximum absolute atomic E-state index is 11.5. The van der Waals surface area contributed by atoms with Crippen LogP contribution in [-0.4, -0.2) is 13.1 Å². The summed E-state index contributed by atoms with van der Waals surface area (Å²) in [5.74, 6) is 0.868. The molecule has 0 aliphatic heterocycles. The third kappa shape index (κ3) is 4.22. The number of aryl methyl sites for hydroxylation is 1. The van der Waals surface area contributed by atoms with Gasteiger partial charge in [0.15, 0.2) is 0 Å². The van der Waals surface area contributed by atoms with Crippen LogP contribution in [0.5, 0.6) is 0 Å². The summed E-state index contributed by atoms with van der Waals surface area (Å²) in [5.41, 5.74) is 2.52. The molecule has 1 saturated carbocycles. The van der Waals surface area contributed by atoms with Gasteiger partial charge in [-0.3, -0.25) is 4.79 Å².